The van der Waals surface area contributed by atoms with E-state index >= 15 is 0 Å². The molecule has 2 amide bonds. The fourth-order valence-corrected chi connectivity index (χ4v) is 2.96. The van der Waals surface area contributed by atoms with E-state index in [1.807, 2.05) is 23.9 Å². The molecule has 2 heterocycles. The van der Waals surface area contributed by atoms with Gasteiger partial charge in [0.1, 0.15) is 0 Å². The Hall–Kier alpha value is -1.60. The first-order chi connectivity index (χ1) is 10.9. The Labute approximate surface area is 138 Å². The normalized spacial score (nSPS) is 24.9. The second-order valence-electron chi connectivity index (χ2n) is 6.54. The lowest BCUT2D eigenvalue weighted by Gasteiger charge is -2.39. The summed E-state index contributed by atoms with van der Waals surface area (Å²) in [7, 11) is 0. The summed E-state index contributed by atoms with van der Waals surface area (Å²) in [4.78, 5) is 14.4. The number of urea groups is 1. The van der Waals surface area contributed by atoms with Gasteiger partial charge >= 0.3 is 6.03 Å². The first kappa shape index (κ1) is 17.7. The summed E-state index contributed by atoms with van der Waals surface area (Å²) in [5.41, 5.74) is 0. The highest BCUT2D eigenvalue weighted by atomic mass is 16.5. The fraction of sp³-hybridized carbons (Fsp3) is 0.750. The third kappa shape index (κ3) is 5.84. The van der Waals surface area contributed by atoms with Crippen molar-refractivity contribution in [3.8, 4) is 0 Å². The van der Waals surface area contributed by atoms with Crippen molar-refractivity contribution in [1.29, 1.82) is 0 Å². The van der Waals surface area contributed by atoms with Crippen LogP contribution in [0, 0.1) is 0 Å². The Morgan fingerprint density at radius 2 is 2.04 bits per heavy atom. The van der Waals surface area contributed by atoms with Gasteiger partial charge in [-0.1, -0.05) is 0 Å². The zero-order chi connectivity index (χ0) is 16.8. The van der Waals surface area contributed by atoms with Crippen LogP contribution in [0.4, 0.5) is 4.79 Å². The lowest BCUT2D eigenvalue weighted by molar-refractivity contribution is -0.0778. The minimum absolute atomic E-state index is 0.0219. The van der Waals surface area contributed by atoms with Gasteiger partial charge in [0.15, 0.2) is 0 Å². The molecule has 0 aliphatic carbocycles. The summed E-state index contributed by atoms with van der Waals surface area (Å²) in [5, 5.41) is 10.0. The number of nitrogens with zero attached hydrogens (tertiary/aromatic N) is 3. The minimum atomic E-state index is -0.133. The Kier molecular flexibility index (Phi) is 6.41. The summed E-state index contributed by atoms with van der Waals surface area (Å²) in [6, 6.07) is 2.05. The molecule has 0 spiro atoms. The summed E-state index contributed by atoms with van der Waals surface area (Å²) in [5.74, 6) is 0. The van der Waals surface area contributed by atoms with E-state index in [-0.39, 0.29) is 30.3 Å². The van der Waals surface area contributed by atoms with E-state index in [0.717, 1.165) is 13.1 Å². The molecule has 7 nitrogen and oxygen atoms in total. The van der Waals surface area contributed by atoms with E-state index in [1.54, 1.807) is 6.20 Å². The number of hydrogen-bond acceptors (Lipinski definition) is 4. The molecule has 1 aromatic heterocycles. The number of carbonyl (C=O) groups is 1. The lowest BCUT2D eigenvalue weighted by atomic mass is 10.2. The molecule has 4 atom stereocenters. The largest absolute Gasteiger partial charge is 0.373 e. The molecule has 130 valence electrons. The number of hydrogen-bond donors (Lipinski definition) is 2. The van der Waals surface area contributed by atoms with Crippen LogP contribution >= 0.6 is 0 Å². The van der Waals surface area contributed by atoms with Gasteiger partial charge in [0.05, 0.1) is 18.8 Å². The molecule has 1 aliphatic rings. The third-order valence-electron chi connectivity index (χ3n) is 4.03. The molecule has 1 aliphatic heterocycles. The highest BCUT2D eigenvalue weighted by Crippen LogP contribution is 2.13. The number of amides is 2. The maximum absolute atomic E-state index is 12.0. The summed E-state index contributed by atoms with van der Waals surface area (Å²) in [6.07, 6.45) is 4.10. The van der Waals surface area contributed by atoms with Crippen LogP contribution in [0.15, 0.2) is 18.5 Å². The Morgan fingerprint density at radius 1 is 1.35 bits per heavy atom. The van der Waals surface area contributed by atoms with Crippen molar-refractivity contribution < 1.29 is 9.53 Å². The van der Waals surface area contributed by atoms with E-state index in [1.165, 1.54) is 0 Å². The van der Waals surface area contributed by atoms with Crippen molar-refractivity contribution in [2.45, 2.75) is 58.5 Å². The number of carbonyl (C=O) groups excluding carboxylic acids is 1. The first-order valence-corrected chi connectivity index (χ1v) is 8.35. The molecule has 7 heteroatoms. The highest BCUT2D eigenvalue weighted by molar-refractivity contribution is 5.74. The lowest BCUT2D eigenvalue weighted by Crippen LogP contribution is -2.53. The predicted molar refractivity (Wildman–Crippen MR) is 89.3 cm³/mol. The van der Waals surface area contributed by atoms with Gasteiger partial charge in [-0.15, -0.1) is 0 Å². The van der Waals surface area contributed by atoms with E-state index in [9.17, 15) is 4.79 Å². The molecular weight excluding hydrogens is 294 g/mol. The standard InChI is InChI=1S/C16H29N5O2/c1-12(9-21-7-5-6-18-21)19-16(22)17-8-13(2)20-10-14(3)23-15(4)11-20/h5-7,12-15H,8-11H2,1-4H3,(H2,17,19,22)/t12-,13+,14+,15+/m1/s1. The van der Waals surface area contributed by atoms with Crippen LogP contribution in [0.1, 0.15) is 27.7 Å². The van der Waals surface area contributed by atoms with Crippen molar-refractivity contribution in [2.24, 2.45) is 0 Å². The van der Waals surface area contributed by atoms with Gasteiger partial charge in [-0.05, 0) is 33.8 Å². The van der Waals surface area contributed by atoms with Crippen molar-refractivity contribution >= 4 is 6.03 Å². The molecule has 0 unspecified atom stereocenters. The highest BCUT2D eigenvalue weighted by Gasteiger charge is 2.25. The zero-order valence-electron chi connectivity index (χ0n) is 14.5. The number of ether oxygens (including phenoxy) is 1. The minimum Gasteiger partial charge on any atom is -0.373 e. The van der Waals surface area contributed by atoms with Gasteiger partial charge in [0, 0.05) is 44.1 Å². The van der Waals surface area contributed by atoms with Crippen LogP contribution in [-0.2, 0) is 11.3 Å². The predicted octanol–water partition coefficient (Wildman–Crippen LogP) is 1.07. The van der Waals surface area contributed by atoms with Gasteiger partial charge in [-0.25, -0.2) is 4.79 Å². The Morgan fingerprint density at radius 3 is 2.65 bits per heavy atom. The number of rotatable bonds is 6. The zero-order valence-corrected chi connectivity index (χ0v) is 14.5. The maximum Gasteiger partial charge on any atom is 0.315 e. The van der Waals surface area contributed by atoms with Crippen LogP contribution < -0.4 is 10.6 Å². The van der Waals surface area contributed by atoms with Crippen LogP contribution in [0.25, 0.3) is 0 Å². The second-order valence-corrected chi connectivity index (χ2v) is 6.54. The van der Waals surface area contributed by atoms with E-state index in [2.05, 4.69) is 41.4 Å². The molecule has 1 saturated heterocycles. The summed E-state index contributed by atoms with van der Waals surface area (Å²) in [6.45, 7) is 11.4. The van der Waals surface area contributed by atoms with E-state index < -0.39 is 0 Å². The van der Waals surface area contributed by atoms with Gasteiger partial charge in [-0.2, -0.15) is 5.10 Å². The van der Waals surface area contributed by atoms with Gasteiger partial charge < -0.3 is 15.4 Å². The van der Waals surface area contributed by atoms with Crippen LogP contribution in [0.2, 0.25) is 0 Å². The fourth-order valence-electron chi connectivity index (χ4n) is 2.96. The van der Waals surface area contributed by atoms with Gasteiger partial charge in [0.2, 0.25) is 0 Å². The molecule has 0 radical (unpaired) electrons. The molecule has 1 aromatic rings. The summed E-state index contributed by atoms with van der Waals surface area (Å²) >= 11 is 0. The van der Waals surface area contributed by atoms with Crippen molar-refractivity contribution in [2.75, 3.05) is 19.6 Å². The molecule has 23 heavy (non-hydrogen) atoms. The quantitative estimate of drug-likeness (QED) is 0.821. The average molecular weight is 323 g/mol. The van der Waals surface area contributed by atoms with Crippen LogP contribution in [0.3, 0.4) is 0 Å². The van der Waals surface area contributed by atoms with E-state index in [4.69, 9.17) is 4.74 Å². The smallest absolute Gasteiger partial charge is 0.315 e. The molecule has 0 aromatic carbocycles. The molecular formula is C16H29N5O2. The molecule has 0 saturated carbocycles. The Bertz CT molecular complexity index is 469. The molecule has 2 N–H and O–H groups in total. The van der Waals surface area contributed by atoms with Crippen molar-refractivity contribution in [1.82, 2.24) is 25.3 Å². The van der Waals surface area contributed by atoms with E-state index in [0.29, 0.717) is 13.1 Å². The van der Waals surface area contributed by atoms with Crippen molar-refractivity contribution in [3.05, 3.63) is 18.5 Å². The molecule has 1 fully saturated rings. The molecule has 0 bridgehead atoms. The van der Waals surface area contributed by atoms with Gasteiger partial charge in [-0.3, -0.25) is 9.58 Å². The first-order valence-electron chi connectivity index (χ1n) is 8.35. The topological polar surface area (TPSA) is 71.4 Å². The number of aromatic nitrogens is 2. The Balaban J connectivity index is 1.69. The third-order valence-corrected chi connectivity index (χ3v) is 4.03. The SMILES string of the molecule is C[C@H](Cn1cccn1)NC(=O)NC[C@H](C)N1C[C@H](C)O[C@@H](C)C1. The monoisotopic (exact) mass is 323 g/mol. The number of morpholine rings is 1. The summed E-state index contributed by atoms with van der Waals surface area (Å²) < 4.78 is 7.55. The van der Waals surface area contributed by atoms with Gasteiger partial charge in [0.25, 0.3) is 0 Å². The van der Waals surface area contributed by atoms with Crippen molar-refractivity contribution in [3.63, 3.8) is 0 Å². The average Bonchev–Trinajstić information content (AvgIpc) is 2.96. The molecule has 2 rings (SSSR count). The second kappa shape index (κ2) is 8.31. The number of nitrogens with one attached hydrogen (secondary N) is 2. The van der Waals surface area contributed by atoms with Crippen LogP contribution in [-0.4, -0.2) is 64.6 Å². The maximum atomic E-state index is 12.0. The van der Waals surface area contributed by atoms with Crippen LogP contribution in [0.5, 0.6) is 0 Å².